The number of nitrogens with one attached hydrogen (secondary N) is 1. The van der Waals surface area contributed by atoms with E-state index in [-0.39, 0.29) is 0 Å². The number of likely N-dealkylation sites (N-methyl/N-ethyl adjacent to an activating group) is 1. The second-order valence-corrected chi connectivity index (χ2v) is 3.79. The van der Waals surface area contributed by atoms with Crippen LogP contribution in [-0.4, -0.2) is 54.4 Å². The summed E-state index contributed by atoms with van der Waals surface area (Å²) in [6.45, 7) is 0. The molecule has 0 aliphatic carbocycles. The number of nitrogens with zero attached hydrogens (tertiary/aromatic N) is 1. The highest BCUT2D eigenvalue weighted by atomic mass is 32.2. The first-order chi connectivity index (χ1) is 7.02. The van der Waals surface area contributed by atoms with E-state index in [1.54, 1.807) is 11.8 Å². The lowest BCUT2D eigenvalue weighted by Crippen LogP contribution is -2.46. The third-order valence-corrected chi connectivity index (χ3v) is 2.43. The molecule has 2 N–H and O–H groups in total. The van der Waals surface area contributed by atoms with Crippen molar-refractivity contribution in [3.05, 3.63) is 0 Å². The van der Waals surface area contributed by atoms with Crippen LogP contribution in [0, 0.1) is 0 Å². The molecule has 6 nitrogen and oxygen atoms in total. The Morgan fingerprint density at radius 2 is 2.20 bits per heavy atom. The van der Waals surface area contributed by atoms with Crippen molar-refractivity contribution in [2.75, 3.05) is 26.2 Å². The molecule has 0 aliphatic rings. The summed E-state index contributed by atoms with van der Waals surface area (Å²) >= 11 is 1.55. The third-order valence-electron chi connectivity index (χ3n) is 1.79. The lowest BCUT2D eigenvalue weighted by atomic mass is 10.2. The van der Waals surface area contributed by atoms with Crippen LogP contribution in [0.25, 0.3) is 0 Å². The maximum absolute atomic E-state index is 11.6. The number of amides is 2. The number of carbonyl (C=O) groups is 2. The van der Waals surface area contributed by atoms with Gasteiger partial charge in [0.15, 0.2) is 0 Å². The van der Waals surface area contributed by atoms with Gasteiger partial charge in [-0.1, -0.05) is 0 Å². The molecule has 7 heteroatoms. The molecule has 15 heavy (non-hydrogen) atoms. The van der Waals surface area contributed by atoms with E-state index in [4.69, 9.17) is 9.94 Å². The van der Waals surface area contributed by atoms with Gasteiger partial charge in [-0.2, -0.15) is 11.8 Å². The lowest BCUT2D eigenvalue weighted by Gasteiger charge is -2.21. The number of carbonyl (C=O) groups excluding carboxylic acids is 1. The number of carboxylic acid groups (broad SMARTS) is 1. The summed E-state index contributed by atoms with van der Waals surface area (Å²) in [5.74, 6) is 0.308. The Bertz CT molecular complexity index is 225. The maximum atomic E-state index is 11.6. The van der Waals surface area contributed by atoms with Crippen LogP contribution in [-0.2, 0) is 9.63 Å². The van der Waals surface area contributed by atoms with Crippen molar-refractivity contribution < 1.29 is 19.5 Å². The van der Waals surface area contributed by atoms with Gasteiger partial charge in [-0.3, -0.25) is 9.63 Å². The molecule has 0 aromatic carbocycles. The van der Waals surface area contributed by atoms with Crippen molar-refractivity contribution in [2.24, 2.45) is 0 Å². The smallest absolute Gasteiger partial charge is 0.405 e. The molecule has 0 saturated heterocycles. The second-order valence-electron chi connectivity index (χ2n) is 2.80. The molecule has 0 aromatic heterocycles. The molecule has 0 fully saturated rings. The molecule has 0 spiro atoms. The summed E-state index contributed by atoms with van der Waals surface area (Å²) in [4.78, 5) is 26.7. The number of hydrogen-bond acceptors (Lipinski definition) is 4. The van der Waals surface area contributed by atoms with Crippen LogP contribution >= 0.6 is 11.8 Å². The Kier molecular flexibility index (Phi) is 6.89. The van der Waals surface area contributed by atoms with Crippen LogP contribution < -0.4 is 5.32 Å². The predicted molar refractivity (Wildman–Crippen MR) is 57.7 cm³/mol. The molecule has 88 valence electrons. The normalized spacial score (nSPS) is 11.9. The quantitative estimate of drug-likeness (QED) is 0.652. The first-order valence-electron chi connectivity index (χ1n) is 4.33. The first-order valence-corrected chi connectivity index (χ1v) is 5.72. The third kappa shape index (κ3) is 5.48. The van der Waals surface area contributed by atoms with E-state index >= 15 is 0 Å². The van der Waals surface area contributed by atoms with Crippen molar-refractivity contribution in [1.29, 1.82) is 0 Å². The molecule has 0 bridgehead atoms. The molecule has 0 aliphatic heterocycles. The summed E-state index contributed by atoms with van der Waals surface area (Å²) in [7, 11) is 2.79. The summed E-state index contributed by atoms with van der Waals surface area (Å²) in [5, 5.41) is 11.7. The van der Waals surface area contributed by atoms with Gasteiger partial charge in [0.25, 0.3) is 5.91 Å². The lowest BCUT2D eigenvalue weighted by molar-refractivity contribution is -0.170. The summed E-state index contributed by atoms with van der Waals surface area (Å²) in [5.41, 5.74) is 0. The van der Waals surface area contributed by atoms with Crippen LogP contribution in [0.5, 0.6) is 0 Å². The van der Waals surface area contributed by atoms with Crippen LogP contribution in [0.2, 0.25) is 0 Å². The topological polar surface area (TPSA) is 78.9 Å². The average Bonchev–Trinajstić information content (AvgIpc) is 2.21. The number of rotatable bonds is 6. The highest BCUT2D eigenvalue weighted by molar-refractivity contribution is 7.98. The largest absolute Gasteiger partial charge is 0.465 e. The van der Waals surface area contributed by atoms with E-state index in [1.165, 1.54) is 14.2 Å². The highest BCUT2D eigenvalue weighted by Gasteiger charge is 2.23. The number of hydrogen-bond donors (Lipinski definition) is 2. The first kappa shape index (κ1) is 14.1. The minimum Gasteiger partial charge on any atom is -0.465 e. The van der Waals surface area contributed by atoms with Gasteiger partial charge < -0.3 is 10.4 Å². The van der Waals surface area contributed by atoms with E-state index in [9.17, 15) is 9.59 Å². The van der Waals surface area contributed by atoms with Gasteiger partial charge in [-0.15, -0.1) is 0 Å². The zero-order valence-electron chi connectivity index (χ0n) is 9.02. The SMILES string of the molecule is CON(C)C(=O)C(CCSC)NC(=O)O. The Hall–Kier alpha value is -0.950. The molecular weight excluding hydrogens is 220 g/mol. The minimum atomic E-state index is -1.21. The Morgan fingerprint density at radius 3 is 2.60 bits per heavy atom. The van der Waals surface area contributed by atoms with E-state index < -0.39 is 18.0 Å². The van der Waals surface area contributed by atoms with Gasteiger partial charge >= 0.3 is 6.09 Å². The summed E-state index contributed by atoms with van der Waals surface area (Å²) in [6.07, 6.45) is 1.13. The molecule has 0 rings (SSSR count). The molecular formula is C8H16N2O4S. The van der Waals surface area contributed by atoms with Gasteiger partial charge in [-0.05, 0) is 18.4 Å². The van der Waals surface area contributed by atoms with E-state index in [2.05, 4.69) is 5.32 Å². The fraction of sp³-hybridized carbons (Fsp3) is 0.750. The van der Waals surface area contributed by atoms with Gasteiger partial charge in [0, 0.05) is 7.05 Å². The fourth-order valence-corrected chi connectivity index (χ4v) is 1.42. The predicted octanol–water partition coefficient (Wildman–Crippen LogP) is 0.395. The van der Waals surface area contributed by atoms with Gasteiger partial charge in [-0.25, -0.2) is 9.86 Å². The van der Waals surface area contributed by atoms with E-state index in [0.29, 0.717) is 12.2 Å². The van der Waals surface area contributed by atoms with Crippen molar-refractivity contribution >= 4 is 23.8 Å². The fourth-order valence-electron chi connectivity index (χ4n) is 0.952. The van der Waals surface area contributed by atoms with E-state index in [0.717, 1.165) is 5.06 Å². The van der Waals surface area contributed by atoms with Gasteiger partial charge in [0.1, 0.15) is 6.04 Å². The molecule has 0 aromatic rings. The number of thioether (sulfide) groups is 1. The Labute approximate surface area is 92.9 Å². The zero-order chi connectivity index (χ0) is 11.8. The van der Waals surface area contributed by atoms with Gasteiger partial charge in [0.05, 0.1) is 7.11 Å². The monoisotopic (exact) mass is 236 g/mol. The van der Waals surface area contributed by atoms with Crippen LogP contribution in [0.15, 0.2) is 0 Å². The molecule has 1 unspecified atom stereocenters. The van der Waals surface area contributed by atoms with Gasteiger partial charge in [0.2, 0.25) is 0 Å². The van der Waals surface area contributed by atoms with Crippen molar-refractivity contribution in [3.8, 4) is 0 Å². The molecule has 0 saturated carbocycles. The highest BCUT2D eigenvalue weighted by Crippen LogP contribution is 2.03. The molecule has 2 amide bonds. The Balaban J connectivity index is 4.32. The van der Waals surface area contributed by atoms with Crippen molar-refractivity contribution in [2.45, 2.75) is 12.5 Å². The summed E-state index contributed by atoms with van der Waals surface area (Å²) < 4.78 is 0. The van der Waals surface area contributed by atoms with Crippen molar-refractivity contribution in [3.63, 3.8) is 0 Å². The summed E-state index contributed by atoms with van der Waals surface area (Å²) in [6, 6.07) is -0.750. The van der Waals surface area contributed by atoms with Crippen LogP contribution in [0.4, 0.5) is 4.79 Å². The molecule has 1 atom stereocenters. The second kappa shape index (κ2) is 7.36. The van der Waals surface area contributed by atoms with Crippen LogP contribution in [0.1, 0.15) is 6.42 Å². The van der Waals surface area contributed by atoms with Crippen molar-refractivity contribution in [1.82, 2.24) is 10.4 Å². The standard InChI is InChI=1S/C8H16N2O4S/c1-10(14-2)7(11)6(4-5-15-3)9-8(12)13/h6,9H,4-5H2,1-3H3,(H,12,13). The number of hydroxylamine groups is 2. The zero-order valence-corrected chi connectivity index (χ0v) is 9.84. The molecule has 0 heterocycles. The average molecular weight is 236 g/mol. The van der Waals surface area contributed by atoms with E-state index in [1.807, 2.05) is 6.26 Å². The van der Waals surface area contributed by atoms with Crippen LogP contribution in [0.3, 0.4) is 0 Å². The minimum absolute atomic E-state index is 0.394. The molecule has 0 radical (unpaired) electrons. The Morgan fingerprint density at radius 1 is 1.60 bits per heavy atom. The maximum Gasteiger partial charge on any atom is 0.405 e.